The number of carboxylic acids is 1. The number of thiazole rings is 1. The van der Waals surface area contributed by atoms with Gasteiger partial charge in [0, 0.05) is 10.9 Å². The van der Waals surface area contributed by atoms with E-state index in [1.54, 1.807) is 24.3 Å². The van der Waals surface area contributed by atoms with Crippen molar-refractivity contribution in [2.75, 3.05) is 0 Å². The van der Waals surface area contributed by atoms with E-state index in [9.17, 15) is 9.18 Å². The van der Waals surface area contributed by atoms with Crippen LogP contribution in [0.2, 0.25) is 0 Å². The fourth-order valence-corrected chi connectivity index (χ4v) is 3.13. The topological polar surface area (TPSA) is 50.2 Å². The molecule has 24 heavy (non-hydrogen) atoms. The molecule has 0 spiro atoms. The van der Waals surface area contributed by atoms with Crippen molar-refractivity contribution < 1.29 is 14.3 Å². The van der Waals surface area contributed by atoms with Gasteiger partial charge in [0.1, 0.15) is 10.8 Å². The van der Waals surface area contributed by atoms with Gasteiger partial charge in [-0.15, -0.1) is 11.3 Å². The number of aliphatic carboxylic acids is 1. The summed E-state index contributed by atoms with van der Waals surface area (Å²) >= 11 is 1.37. The van der Waals surface area contributed by atoms with Crippen LogP contribution in [0.1, 0.15) is 16.8 Å². The van der Waals surface area contributed by atoms with Crippen molar-refractivity contribution in [1.82, 2.24) is 4.98 Å². The zero-order valence-electron chi connectivity index (χ0n) is 12.6. The molecular formula is C19H14FNO2S. The second-order valence-corrected chi connectivity index (χ2v) is 6.02. The van der Waals surface area contributed by atoms with E-state index in [0.29, 0.717) is 16.3 Å². The van der Waals surface area contributed by atoms with Gasteiger partial charge in [0.15, 0.2) is 0 Å². The highest BCUT2D eigenvalue weighted by molar-refractivity contribution is 7.13. The van der Waals surface area contributed by atoms with Gasteiger partial charge in [-0.3, -0.25) is 4.79 Å². The molecule has 0 saturated carbocycles. The van der Waals surface area contributed by atoms with Gasteiger partial charge in [-0.2, -0.15) is 0 Å². The monoisotopic (exact) mass is 339 g/mol. The molecule has 0 unspecified atom stereocenters. The number of nitrogens with zero attached hydrogens (tertiary/aromatic N) is 1. The fourth-order valence-electron chi connectivity index (χ4n) is 2.32. The summed E-state index contributed by atoms with van der Waals surface area (Å²) in [6.07, 6.45) is 3.61. The zero-order valence-corrected chi connectivity index (χ0v) is 13.5. The first-order valence-corrected chi connectivity index (χ1v) is 8.19. The van der Waals surface area contributed by atoms with Crippen molar-refractivity contribution in [3.8, 4) is 10.6 Å². The molecule has 0 bridgehead atoms. The molecule has 1 aromatic heterocycles. The third kappa shape index (κ3) is 3.75. The standard InChI is InChI=1S/C19H14FNO2S/c20-17-8-4-3-7-16(17)19-21-15(12-24-19)10-9-13-5-1-2-6-14(13)11-18(22)23/h1-10,12H,11H2,(H,22,23). The Morgan fingerprint density at radius 3 is 2.67 bits per heavy atom. The summed E-state index contributed by atoms with van der Waals surface area (Å²) < 4.78 is 13.8. The molecule has 0 fully saturated rings. The van der Waals surface area contributed by atoms with Crippen LogP contribution in [0, 0.1) is 5.82 Å². The Kier molecular flexibility index (Phi) is 4.82. The fraction of sp³-hybridized carbons (Fsp3) is 0.0526. The Balaban J connectivity index is 1.84. The van der Waals surface area contributed by atoms with Crippen LogP contribution in [0.3, 0.4) is 0 Å². The molecule has 1 N–H and O–H groups in total. The van der Waals surface area contributed by atoms with Crippen molar-refractivity contribution >= 4 is 29.5 Å². The number of hydrogen-bond acceptors (Lipinski definition) is 3. The minimum Gasteiger partial charge on any atom is -0.481 e. The third-order valence-corrected chi connectivity index (χ3v) is 4.35. The molecule has 5 heteroatoms. The van der Waals surface area contributed by atoms with E-state index >= 15 is 0 Å². The first-order chi connectivity index (χ1) is 11.6. The molecule has 0 saturated heterocycles. The molecule has 0 amide bonds. The number of carbonyl (C=O) groups is 1. The second-order valence-electron chi connectivity index (χ2n) is 5.16. The molecule has 3 rings (SSSR count). The molecule has 0 radical (unpaired) electrons. The number of aromatic nitrogens is 1. The largest absolute Gasteiger partial charge is 0.481 e. The van der Waals surface area contributed by atoms with E-state index in [4.69, 9.17) is 5.11 Å². The Bertz CT molecular complexity index is 902. The highest BCUT2D eigenvalue weighted by Crippen LogP contribution is 2.26. The molecule has 3 nitrogen and oxygen atoms in total. The zero-order chi connectivity index (χ0) is 16.9. The summed E-state index contributed by atoms with van der Waals surface area (Å²) in [5.74, 6) is -1.17. The summed E-state index contributed by atoms with van der Waals surface area (Å²) in [6.45, 7) is 0. The van der Waals surface area contributed by atoms with E-state index in [1.165, 1.54) is 17.4 Å². The minimum absolute atomic E-state index is 0.0297. The van der Waals surface area contributed by atoms with Crippen molar-refractivity contribution in [2.24, 2.45) is 0 Å². The van der Waals surface area contributed by atoms with Gasteiger partial charge in [0.05, 0.1) is 12.1 Å². The van der Waals surface area contributed by atoms with Gasteiger partial charge in [0.25, 0.3) is 0 Å². The molecule has 0 aliphatic carbocycles. The number of halogens is 1. The van der Waals surface area contributed by atoms with Crippen molar-refractivity contribution in [2.45, 2.75) is 6.42 Å². The summed E-state index contributed by atoms with van der Waals surface area (Å²) in [4.78, 5) is 15.3. The van der Waals surface area contributed by atoms with Crippen molar-refractivity contribution in [3.05, 3.63) is 76.5 Å². The number of hydrogen-bond donors (Lipinski definition) is 1. The summed E-state index contributed by atoms with van der Waals surface area (Å²) in [7, 11) is 0. The summed E-state index contributed by atoms with van der Waals surface area (Å²) in [5.41, 5.74) is 2.77. The lowest BCUT2D eigenvalue weighted by Crippen LogP contribution is -2.01. The maximum Gasteiger partial charge on any atom is 0.307 e. The maximum absolute atomic E-state index is 13.8. The van der Waals surface area contributed by atoms with E-state index in [1.807, 2.05) is 35.7 Å². The lowest BCUT2D eigenvalue weighted by atomic mass is 10.0. The van der Waals surface area contributed by atoms with Crippen LogP contribution in [0.25, 0.3) is 22.7 Å². The predicted octanol–water partition coefficient (Wildman–Crippen LogP) is 4.75. The van der Waals surface area contributed by atoms with Crippen LogP contribution in [0.4, 0.5) is 4.39 Å². The number of benzene rings is 2. The molecule has 3 aromatic rings. The average Bonchev–Trinajstić information content (AvgIpc) is 3.03. The highest BCUT2D eigenvalue weighted by Gasteiger charge is 2.08. The Morgan fingerprint density at radius 1 is 1.12 bits per heavy atom. The van der Waals surface area contributed by atoms with Crippen molar-refractivity contribution in [3.63, 3.8) is 0 Å². The van der Waals surface area contributed by atoms with Crippen LogP contribution >= 0.6 is 11.3 Å². The number of rotatable bonds is 5. The van der Waals surface area contributed by atoms with E-state index in [0.717, 1.165) is 11.1 Å². The Morgan fingerprint density at radius 2 is 1.88 bits per heavy atom. The lowest BCUT2D eigenvalue weighted by molar-refractivity contribution is -0.136. The third-order valence-electron chi connectivity index (χ3n) is 3.46. The van der Waals surface area contributed by atoms with Gasteiger partial charge < -0.3 is 5.11 Å². The first-order valence-electron chi connectivity index (χ1n) is 7.31. The normalized spacial score (nSPS) is 11.0. The predicted molar refractivity (Wildman–Crippen MR) is 94.2 cm³/mol. The summed E-state index contributed by atoms with van der Waals surface area (Å²) in [5, 5.41) is 11.4. The quantitative estimate of drug-likeness (QED) is 0.730. The maximum atomic E-state index is 13.8. The van der Waals surface area contributed by atoms with Crippen LogP contribution in [-0.4, -0.2) is 16.1 Å². The molecule has 0 aliphatic heterocycles. The molecule has 1 heterocycles. The van der Waals surface area contributed by atoms with Crippen LogP contribution in [0.5, 0.6) is 0 Å². The molecule has 0 atom stereocenters. The van der Waals surface area contributed by atoms with E-state index in [-0.39, 0.29) is 12.2 Å². The Hall–Kier alpha value is -2.79. The second kappa shape index (κ2) is 7.19. The SMILES string of the molecule is O=C(O)Cc1ccccc1C=Cc1csc(-c2ccccc2F)n1. The first kappa shape index (κ1) is 16.1. The molecule has 0 aliphatic rings. The van der Waals surface area contributed by atoms with Gasteiger partial charge >= 0.3 is 5.97 Å². The smallest absolute Gasteiger partial charge is 0.307 e. The van der Waals surface area contributed by atoms with Crippen LogP contribution in [0.15, 0.2) is 53.9 Å². The van der Waals surface area contributed by atoms with Gasteiger partial charge in [-0.1, -0.05) is 42.5 Å². The lowest BCUT2D eigenvalue weighted by Gasteiger charge is -2.02. The number of carboxylic acid groups (broad SMARTS) is 1. The minimum atomic E-state index is -0.869. The van der Waals surface area contributed by atoms with Gasteiger partial charge in [-0.25, -0.2) is 9.37 Å². The molecule has 2 aromatic carbocycles. The van der Waals surface area contributed by atoms with E-state index < -0.39 is 5.97 Å². The molecular weight excluding hydrogens is 325 g/mol. The summed E-state index contributed by atoms with van der Waals surface area (Å²) in [6, 6.07) is 13.9. The molecule has 120 valence electrons. The highest BCUT2D eigenvalue weighted by atomic mass is 32.1. The van der Waals surface area contributed by atoms with Gasteiger partial charge in [0.2, 0.25) is 0 Å². The van der Waals surface area contributed by atoms with Gasteiger partial charge in [-0.05, 0) is 29.3 Å². The van der Waals surface area contributed by atoms with E-state index in [2.05, 4.69) is 4.98 Å². The average molecular weight is 339 g/mol. The van der Waals surface area contributed by atoms with Crippen molar-refractivity contribution in [1.29, 1.82) is 0 Å². The van der Waals surface area contributed by atoms with Crippen LogP contribution in [-0.2, 0) is 11.2 Å². The van der Waals surface area contributed by atoms with Crippen LogP contribution < -0.4 is 0 Å². The Labute approximate surface area is 142 Å².